The first-order chi connectivity index (χ1) is 10.0. The van der Waals surface area contributed by atoms with Crippen LogP contribution in [-0.4, -0.2) is 40.9 Å². The molecule has 1 aliphatic rings. The van der Waals surface area contributed by atoms with E-state index in [1.807, 2.05) is 11.8 Å². The summed E-state index contributed by atoms with van der Waals surface area (Å²) < 4.78 is 0. The maximum absolute atomic E-state index is 12.4. The number of rotatable bonds is 5. The van der Waals surface area contributed by atoms with Crippen LogP contribution < -0.4 is 0 Å². The number of piperidine rings is 1. The number of carbonyl (C=O) groups excluding carboxylic acids is 1. The summed E-state index contributed by atoms with van der Waals surface area (Å²) in [5, 5.41) is 9.80. The molecule has 1 aliphatic heterocycles. The molecule has 0 saturated carbocycles. The topological polar surface area (TPSA) is 57.6 Å². The lowest BCUT2D eigenvalue weighted by molar-refractivity contribution is -0.144. The van der Waals surface area contributed by atoms with Crippen molar-refractivity contribution >= 4 is 23.4 Å². The number of carboxylic acid groups (broad SMARTS) is 1. The van der Waals surface area contributed by atoms with Gasteiger partial charge in [0.1, 0.15) is 6.04 Å². The monoisotopic (exact) mass is 309 g/mol. The Labute approximate surface area is 129 Å². The van der Waals surface area contributed by atoms with Crippen LogP contribution in [0.3, 0.4) is 0 Å². The first kappa shape index (κ1) is 16.0. The first-order valence-electron chi connectivity index (χ1n) is 7.29. The zero-order valence-electron chi connectivity index (χ0n) is 12.1. The van der Waals surface area contributed by atoms with Crippen molar-refractivity contribution in [1.82, 2.24) is 4.90 Å². The molecule has 0 bridgehead atoms. The van der Waals surface area contributed by atoms with E-state index < -0.39 is 12.0 Å². The van der Waals surface area contributed by atoms with Crippen LogP contribution in [0, 0.1) is 5.92 Å². The minimum absolute atomic E-state index is 0.0197. The first-order valence-corrected chi connectivity index (χ1v) is 7.67. The molecule has 1 heterocycles. The van der Waals surface area contributed by atoms with Gasteiger partial charge in [-0.15, -0.1) is 0 Å². The molecule has 0 spiro atoms. The van der Waals surface area contributed by atoms with E-state index in [0.717, 1.165) is 0 Å². The number of aliphatic carboxylic acids is 1. The Morgan fingerprint density at radius 1 is 1.29 bits per heavy atom. The van der Waals surface area contributed by atoms with Crippen LogP contribution >= 0.6 is 11.6 Å². The van der Waals surface area contributed by atoms with Gasteiger partial charge in [-0.2, -0.15) is 0 Å². The lowest BCUT2D eigenvalue weighted by Crippen LogP contribution is -2.46. The van der Waals surface area contributed by atoms with Crippen molar-refractivity contribution in [2.75, 3.05) is 13.1 Å². The van der Waals surface area contributed by atoms with Crippen molar-refractivity contribution in [3.05, 3.63) is 34.9 Å². The van der Waals surface area contributed by atoms with E-state index in [2.05, 4.69) is 0 Å². The molecule has 1 fully saturated rings. The molecular weight excluding hydrogens is 290 g/mol. The molecule has 1 atom stereocenters. The molecule has 1 aromatic rings. The number of likely N-dealkylation sites (tertiary alicyclic amines) is 1. The second-order valence-corrected chi connectivity index (χ2v) is 5.88. The highest BCUT2D eigenvalue weighted by atomic mass is 35.5. The second kappa shape index (κ2) is 7.05. The lowest BCUT2D eigenvalue weighted by atomic mass is 9.88. The van der Waals surface area contributed by atoms with Crippen molar-refractivity contribution in [3.63, 3.8) is 0 Å². The average Bonchev–Trinajstić information content (AvgIpc) is 2.48. The molecule has 114 valence electrons. The van der Waals surface area contributed by atoms with Crippen LogP contribution in [0.15, 0.2) is 24.3 Å². The summed E-state index contributed by atoms with van der Waals surface area (Å²) in [6, 6.07) is 6.52. The lowest BCUT2D eigenvalue weighted by Gasteiger charge is -2.34. The Kier molecular flexibility index (Phi) is 5.37. The van der Waals surface area contributed by atoms with Crippen LogP contribution in [0.4, 0.5) is 0 Å². The fourth-order valence-electron chi connectivity index (χ4n) is 2.91. The van der Waals surface area contributed by atoms with Gasteiger partial charge in [0, 0.05) is 16.5 Å². The summed E-state index contributed by atoms with van der Waals surface area (Å²) in [5.74, 6) is -0.664. The van der Waals surface area contributed by atoms with Gasteiger partial charge in [0.25, 0.3) is 0 Å². The predicted octanol–water partition coefficient (Wildman–Crippen LogP) is 3.10. The molecule has 0 radical (unpaired) electrons. The summed E-state index contributed by atoms with van der Waals surface area (Å²) in [5.41, 5.74) is 0.683. The molecule has 0 amide bonds. The number of hydrogen-bond acceptors (Lipinski definition) is 3. The summed E-state index contributed by atoms with van der Waals surface area (Å²) in [6.45, 7) is 3.20. The number of carboxylic acids is 1. The van der Waals surface area contributed by atoms with Gasteiger partial charge in [0.2, 0.25) is 0 Å². The van der Waals surface area contributed by atoms with Gasteiger partial charge in [-0.3, -0.25) is 14.5 Å². The Bertz CT molecular complexity index is 507. The van der Waals surface area contributed by atoms with Crippen LogP contribution in [0.2, 0.25) is 5.02 Å². The molecule has 1 saturated heterocycles. The summed E-state index contributed by atoms with van der Waals surface area (Å²) in [4.78, 5) is 25.6. The molecule has 1 aromatic carbocycles. The van der Waals surface area contributed by atoms with E-state index in [4.69, 9.17) is 11.6 Å². The predicted molar refractivity (Wildman–Crippen MR) is 81.8 cm³/mol. The van der Waals surface area contributed by atoms with Gasteiger partial charge < -0.3 is 5.11 Å². The van der Waals surface area contributed by atoms with Crippen LogP contribution in [0.25, 0.3) is 0 Å². The van der Waals surface area contributed by atoms with E-state index in [9.17, 15) is 14.7 Å². The molecule has 0 aromatic heterocycles. The number of carbonyl (C=O) groups is 2. The third kappa shape index (κ3) is 3.83. The molecule has 21 heavy (non-hydrogen) atoms. The van der Waals surface area contributed by atoms with E-state index in [1.54, 1.807) is 24.3 Å². The Morgan fingerprint density at radius 2 is 1.86 bits per heavy atom. The SMILES string of the molecule is CC[C@@H](C(=O)O)N1CCC(C(=O)c2ccc(Cl)cc2)CC1. The van der Waals surface area contributed by atoms with E-state index in [-0.39, 0.29) is 11.7 Å². The standard InChI is InChI=1S/C16H20ClNO3/c1-2-14(16(20)21)18-9-7-12(8-10-18)15(19)11-3-5-13(17)6-4-11/h3-6,12,14H,2,7-10H2,1H3,(H,20,21)/t14-/m0/s1. The Balaban J connectivity index is 1.96. The minimum atomic E-state index is -0.778. The molecule has 5 heteroatoms. The average molecular weight is 310 g/mol. The van der Waals surface area contributed by atoms with E-state index >= 15 is 0 Å². The molecular formula is C16H20ClNO3. The summed E-state index contributed by atoms with van der Waals surface area (Å²) in [7, 11) is 0. The van der Waals surface area contributed by atoms with Crippen molar-refractivity contribution in [2.45, 2.75) is 32.2 Å². The molecule has 2 rings (SSSR count). The number of Topliss-reactive ketones (excluding diaryl/α,β-unsaturated/α-hetero) is 1. The van der Waals surface area contributed by atoms with Crippen molar-refractivity contribution < 1.29 is 14.7 Å². The minimum Gasteiger partial charge on any atom is -0.480 e. The number of halogens is 1. The van der Waals surface area contributed by atoms with Gasteiger partial charge in [-0.1, -0.05) is 18.5 Å². The smallest absolute Gasteiger partial charge is 0.320 e. The normalized spacial score (nSPS) is 18.4. The quantitative estimate of drug-likeness (QED) is 0.849. The Morgan fingerprint density at radius 3 is 2.33 bits per heavy atom. The maximum atomic E-state index is 12.4. The fraction of sp³-hybridized carbons (Fsp3) is 0.500. The summed E-state index contributed by atoms with van der Waals surface area (Å²) in [6.07, 6.45) is 2.02. The van der Waals surface area contributed by atoms with Gasteiger partial charge in [-0.25, -0.2) is 0 Å². The van der Waals surface area contributed by atoms with Gasteiger partial charge >= 0.3 is 5.97 Å². The zero-order valence-corrected chi connectivity index (χ0v) is 12.8. The third-order valence-corrected chi connectivity index (χ3v) is 4.39. The fourth-order valence-corrected chi connectivity index (χ4v) is 3.04. The molecule has 1 N–H and O–H groups in total. The maximum Gasteiger partial charge on any atom is 0.320 e. The third-order valence-electron chi connectivity index (χ3n) is 4.14. The number of hydrogen-bond donors (Lipinski definition) is 1. The van der Waals surface area contributed by atoms with E-state index in [1.165, 1.54) is 0 Å². The molecule has 0 aliphatic carbocycles. The largest absolute Gasteiger partial charge is 0.480 e. The highest BCUT2D eigenvalue weighted by Gasteiger charge is 2.31. The number of benzene rings is 1. The van der Waals surface area contributed by atoms with Crippen molar-refractivity contribution in [1.29, 1.82) is 0 Å². The van der Waals surface area contributed by atoms with Crippen molar-refractivity contribution in [3.8, 4) is 0 Å². The van der Waals surface area contributed by atoms with Crippen molar-refractivity contribution in [2.24, 2.45) is 5.92 Å². The van der Waals surface area contributed by atoms with Crippen LogP contribution in [0.5, 0.6) is 0 Å². The zero-order chi connectivity index (χ0) is 15.4. The highest BCUT2D eigenvalue weighted by molar-refractivity contribution is 6.30. The van der Waals surface area contributed by atoms with Gasteiger partial charge in [0.15, 0.2) is 5.78 Å². The Hall–Kier alpha value is -1.39. The van der Waals surface area contributed by atoms with Gasteiger partial charge in [-0.05, 0) is 56.6 Å². The molecule has 4 nitrogen and oxygen atoms in total. The summed E-state index contributed by atoms with van der Waals surface area (Å²) >= 11 is 5.83. The molecule has 0 unspecified atom stereocenters. The highest BCUT2D eigenvalue weighted by Crippen LogP contribution is 2.24. The van der Waals surface area contributed by atoms with E-state index in [0.29, 0.717) is 42.9 Å². The number of ketones is 1. The second-order valence-electron chi connectivity index (χ2n) is 5.44. The van der Waals surface area contributed by atoms with Gasteiger partial charge in [0.05, 0.1) is 0 Å². The van der Waals surface area contributed by atoms with Crippen LogP contribution in [-0.2, 0) is 4.79 Å². The number of nitrogens with zero attached hydrogens (tertiary/aromatic N) is 1. The van der Waals surface area contributed by atoms with Crippen LogP contribution in [0.1, 0.15) is 36.5 Å².